The van der Waals surface area contributed by atoms with Gasteiger partial charge in [0, 0.05) is 13.0 Å². The van der Waals surface area contributed by atoms with Gasteiger partial charge in [-0.2, -0.15) is 10.1 Å². The minimum absolute atomic E-state index is 0.113. The number of anilines is 2. The van der Waals surface area contributed by atoms with E-state index in [1.54, 1.807) is 7.05 Å². The highest BCUT2D eigenvalue weighted by Gasteiger charge is 2.16. The summed E-state index contributed by atoms with van der Waals surface area (Å²) in [7, 11) is 1.67. The number of nitrogens with one attached hydrogen (secondary N) is 1. The van der Waals surface area contributed by atoms with Crippen molar-refractivity contribution in [3.8, 4) is 0 Å². The van der Waals surface area contributed by atoms with E-state index in [0.717, 1.165) is 0 Å². The van der Waals surface area contributed by atoms with Crippen molar-refractivity contribution in [1.82, 2.24) is 24.7 Å². The Labute approximate surface area is 110 Å². The van der Waals surface area contributed by atoms with Crippen LogP contribution in [0, 0.1) is 0 Å². The molecule has 2 heterocycles. The summed E-state index contributed by atoms with van der Waals surface area (Å²) in [6, 6.07) is 0. The van der Waals surface area contributed by atoms with Crippen molar-refractivity contribution in [1.29, 1.82) is 0 Å². The first-order chi connectivity index (χ1) is 8.99. The zero-order valence-electron chi connectivity index (χ0n) is 11.0. The van der Waals surface area contributed by atoms with Crippen LogP contribution in [-0.2, 0) is 7.05 Å². The van der Waals surface area contributed by atoms with Gasteiger partial charge in [-0.05, 0) is 0 Å². The van der Waals surface area contributed by atoms with Gasteiger partial charge in [-0.15, -0.1) is 0 Å². The second kappa shape index (κ2) is 5.01. The van der Waals surface area contributed by atoms with Gasteiger partial charge in [0.25, 0.3) is 5.91 Å². The van der Waals surface area contributed by atoms with Gasteiger partial charge < -0.3 is 5.73 Å². The highest BCUT2D eigenvalue weighted by Crippen LogP contribution is 2.14. The van der Waals surface area contributed by atoms with Gasteiger partial charge in [-0.25, -0.2) is 14.6 Å². The fourth-order valence-corrected chi connectivity index (χ4v) is 1.43. The zero-order chi connectivity index (χ0) is 14.0. The topological polar surface area (TPSA) is 112 Å². The number of hydrogen-bond acceptors (Lipinski definition) is 6. The zero-order valence-corrected chi connectivity index (χ0v) is 11.0. The van der Waals surface area contributed by atoms with Crippen molar-refractivity contribution in [2.75, 3.05) is 11.1 Å². The summed E-state index contributed by atoms with van der Waals surface area (Å²) >= 11 is 0. The Hall–Kier alpha value is -2.51. The van der Waals surface area contributed by atoms with Crippen molar-refractivity contribution in [3.05, 3.63) is 24.0 Å². The minimum Gasteiger partial charge on any atom is -0.396 e. The van der Waals surface area contributed by atoms with Gasteiger partial charge in [0.05, 0.1) is 11.9 Å². The van der Waals surface area contributed by atoms with Crippen LogP contribution in [0.1, 0.15) is 36.1 Å². The third kappa shape index (κ3) is 2.67. The fourth-order valence-electron chi connectivity index (χ4n) is 1.43. The molecule has 0 atom stereocenters. The number of nitrogen functional groups attached to an aromatic ring is 1. The molecule has 0 aliphatic rings. The predicted molar refractivity (Wildman–Crippen MR) is 69.5 cm³/mol. The summed E-state index contributed by atoms with van der Waals surface area (Å²) in [6.45, 7) is 3.88. The van der Waals surface area contributed by atoms with E-state index in [9.17, 15) is 4.79 Å². The molecular weight excluding hydrogens is 246 g/mol. The van der Waals surface area contributed by atoms with Gasteiger partial charge in [-0.1, -0.05) is 13.8 Å². The van der Waals surface area contributed by atoms with Crippen LogP contribution in [0.2, 0.25) is 0 Å². The highest BCUT2D eigenvalue weighted by atomic mass is 16.2. The van der Waals surface area contributed by atoms with Gasteiger partial charge >= 0.3 is 0 Å². The predicted octanol–water partition coefficient (Wildman–Crippen LogP) is 0.563. The maximum Gasteiger partial charge on any atom is 0.278 e. The molecular formula is C11H15N7O. The molecule has 0 unspecified atom stereocenters. The number of rotatable bonds is 3. The Morgan fingerprint density at radius 1 is 1.42 bits per heavy atom. The molecule has 2 rings (SSSR count). The van der Waals surface area contributed by atoms with Gasteiger partial charge in [0.1, 0.15) is 12.2 Å². The van der Waals surface area contributed by atoms with Gasteiger partial charge in [0.2, 0.25) is 5.95 Å². The van der Waals surface area contributed by atoms with E-state index in [0.29, 0.717) is 11.8 Å². The number of aryl methyl sites for hydroxylation is 1. The summed E-state index contributed by atoms with van der Waals surface area (Å²) in [4.78, 5) is 24.3. The first-order valence-corrected chi connectivity index (χ1v) is 5.76. The molecule has 100 valence electrons. The number of amides is 1. The first-order valence-electron chi connectivity index (χ1n) is 5.76. The van der Waals surface area contributed by atoms with Gasteiger partial charge in [-0.3, -0.25) is 10.1 Å². The Kier molecular flexibility index (Phi) is 3.41. The van der Waals surface area contributed by atoms with E-state index in [4.69, 9.17) is 5.73 Å². The molecule has 19 heavy (non-hydrogen) atoms. The molecule has 2 aromatic rings. The van der Waals surface area contributed by atoms with Crippen LogP contribution in [-0.4, -0.2) is 30.6 Å². The largest absolute Gasteiger partial charge is 0.396 e. The average molecular weight is 261 g/mol. The lowest BCUT2D eigenvalue weighted by molar-refractivity contribution is 0.102. The second-order valence-corrected chi connectivity index (χ2v) is 4.35. The summed E-state index contributed by atoms with van der Waals surface area (Å²) in [5.74, 6) is 0.575. The standard InChI is InChI=1S/C11H15N7O/c1-6(2)9-13-4-7(12)8(16-9)10(19)17-11-14-5-15-18(11)3/h4-6H,12H2,1-3H3,(H,14,15,17,19). The van der Waals surface area contributed by atoms with E-state index in [1.807, 2.05) is 13.8 Å². The molecule has 0 fully saturated rings. The van der Waals surface area contributed by atoms with E-state index in [-0.39, 0.29) is 17.3 Å². The molecule has 0 aliphatic heterocycles. The molecule has 0 aliphatic carbocycles. The maximum atomic E-state index is 12.1. The lowest BCUT2D eigenvalue weighted by Crippen LogP contribution is -2.20. The fraction of sp³-hybridized carbons (Fsp3) is 0.364. The van der Waals surface area contributed by atoms with Crippen LogP contribution in [0.5, 0.6) is 0 Å². The minimum atomic E-state index is -0.432. The number of hydrogen-bond donors (Lipinski definition) is 2. The molecule has 0 spiro atoms. The lowest BCUT2D eigenvalue weighted by atomic mass is 10.2. The van der Waals surface area contributed by atoms with Gasteiger partial charge in [0.15, 0.2) is 5.69 Å². The van der Waals surface area contributed by atoms with Crippen molar-refractivity contribution in [2.45, 2.75) is 19.8 Å². The number of aromatic nitrogens is 5. The Morgan fingerprint density at radius 3 is 2.74 bits per heavy atom. The normalized spacial score (nSPS) is 10.7. The van der Waals surface area contributed by atoms with E-state index in [1.165, 1.54) is 17.2 Å². The average Bonchev–Trinajstić information content (AvgIpc) is 2.75. The summed E-state index contributed by atoms with van der Waals surface area (Å²) in [5, 5.41) is 6.45. The third-order valence-electron chi connectivity index (χ3n) is 2.50. The molecule has 8 nitrogen and oxygen atoms in total. The number of carbonyl (C=O) groups is 1. The third-order valence-corrected chi connectivity index (χ3v) is 2.50. The lowest BCUT2D eigenvalue weighted by Gasteiger charge is -2.08. The Balaban J connectivity index is 2.28. The monoisotopic (exact) mass is 261 g/mol. The molecule has 3 N–H and O–H groups in total. The van der Waals surface area contributed by atoms with Crippen molar-refractivity contribution >= 4 is 17.5 Å². The molecule has 0 radical (unpaired) electrons. The second-order valence-electron chi connectivity index (χ2n) is 4.35. The van der Waals surface area contributed by atoms with Crippen LogP contribution in [0.3, 0.4) is 0 Å². The number of nitrogens with two attached hydrogens (primary N) is 1. The number of carbonyl (C=O) groups excluding carboxylic acids is 1. The smallest absolute Gasteiger partial charge is 0.278 e. The van der Waals surface area contributed by atoms with E-state index < -0.39 is 5.91 Å². The van der Waals surface area contributed by atoms with Crippen molar-refractivity contribution in [3.63, 3.8) is 0 Å². The molecule has 1 amide bonds. The highest BCUT2D eigenvalue weighted by molar-refractivity contribution is 6.05. The SMILES string of the molecule is CC(C)c1ncc(N)c(C(=O)Nc2ncnn2C)n1. The molecule has 8 heteroatoms. The molecule has 0 aromatic carbocycles. The van der Waals surface area contributed by atoms with Crippen LogP contribution >= 0.6 is 0 Å². The van der Waals surface area contributed by atoms with Crippen LogP contribution in [0.25, 0.3) is 0 Å². The summed E-state index contributed by atoms with van der Waals surface area (Å²) in [6.07, 6.45) is 2.78. The summed E-state index contributed by atoms with van der Waals surface area (Å²) in [5.41, 5.74) is 6.10. The van der Waals surface area contributed by atoms with Crippen molar-refractivity contribution < 1.29 is 4.79 Å². The Bertz CT molecular complexity index is 605. The van der Waals surface area contributed by atoms with Crippen LogP contribution in [0.4, 0.5) is 11.6 Å². The van der Waals surface area contributed by atoms with E-state index in [2.05, 4.69) is 25.4 Å². The van der Waals surface area contributed by atoms with Crippen LogP contribution in [0.15, 0.2) is 12.5 Å². The molecule has 0 saturated carbocycles. The maximum absolute atomic E-state index is 12.1. The molecule has 2 aromatic heterocycles. The quantitative estimate of drug-likeness (QED) is 0.835. The molecule has 0 bridgehead atoms. The van der Waals surface area contributed by atoms with Crippen molar-refractivity contribution in [2.24, 2.45) is 7.05 Å². The number of nitrogens with zero attached hydrogens (tertiary/aromatic N) is 5. The Morgan fingerprint density at radius 2 is 2.16 bits per heavy atom. The summed E-state index contributed by atoms with van der Waals surface area (Å²) < 4.78 is 1.44. The first kappa shape index (κ1) is 12.9. The van der Waals surface area contributed by atoms with E-state index >= 15 is 0 Å². The van der Waals surface area contributed by atoms with Crippen LogP contribution < -0.4 is 11.1 Å². The molecule has 0 saturated heterocycles.